The smallest absolute Gasteiger partial charge is 0.293 e. The molecule has 0 aliphatic carbocycles. The Morgan fingerprint density at radius 3 is 2.71 bits per heavy atom. The standard InChI is InChI=1S/C10H10ClN5O4S/c1-2-3-14-5-7(16(19)20)9(17)15(10(14)18)4-6-8(11)21-13-12-6/h5H,2-4H2,1H3. The van der Waals surface area contributed by atoms with Crippen molar-refractivity contribution < 1.29 is 4.92 Å². The van der Waals surface area contributed by atoms with E-state index in [9.17, 15) is 19.7 Å². The molecule has 11 heteroatoms. The Hall–Kier alpha value is -2.07. The van der Waals surface area contributed by atoms with E-state index in [0.29, 0.717) is 6.42 Å². The highest BCUT2D eigenvalue weighted by molar-refractivity contribution is 7.10. The topological polar surface area (TPSA) is 113 Å². The number of nitro groups is 1. The van der Waals surface area contributed by atoms with Crippen LogP contribution in [0.3, 0.4) is 0 Å². The Morgan fingerprint density at radius 1 is 1.48 bits per heavy atom. The summed E-state index contributed by atoms with van der Waals surface area (Å²) in [4.78, 5) is 34.4. The van der Waals surface area contributed by atoms with Gasteiger partial charge < -0.3 is 0 Å². The van der Waals surface area contributed by atoms with Crippen LogP contribution >= 0.6 is 23.1 Å². The molecule has 2 aromatic heterocycles. The molecule has 0 bridgehead atoms. The van der Waals surface area contributed by atoms with Gasteiger partial charge in [0.15, 0.2) is 0 Å². The third kappa shape index (κ3) is 3.00. The minimum Gasteiger partial charge on any atom is -0.293 e. The van der Waals surface area contributed by atoms with Gasteiger partial charge in [0.25, 0.3) is 0 Å². The second kappa shape index (κ2) is 6.14. The normalized spacial score (nSPS) is 10.8. The highest BCUT2D eigenvalue weighted by Gasteiger charge is 2.21. The van der Waals surface area contributed by atoms with E-state index in [0.717, 1.165) is 26.9 Å². The minimum absolute atomic E-state index is 0.226. The van der Waals surface area contributed by atoms with Gasteiger partial charge in [-0.25, -0.2) is 9.36 Å². The molecule has 112 valence electrons. The zero-order valence-corrected chi connectivity index (χ0v) is 12.4. The van der Waals surface area contributed by atoms with Crippen molar-refractivity contribution in [2.24, 2.45) is 0 Å². The van der Waals surface area contributed by atoms with Gasteiger partial charge in [0.05, 0.1) is 17.7 Å². The van der Waals surface area contributed by atoms with Crippen molar-refractivity contribution in [1.29, 1.82) is 0 Å². The molecular formula is C10H10ClN5O4S. The minimum atomic E-state index is -0.985. The number of rotatable bonds is 5. The van der Waals surface area contributed by atoms with E-state index in [1.807, 2.05) is 6.92 Å². The average molecular weight is 332 g/mol. The first-order valence-corrected chi connectivity index (χ1v) is 7.06. The molecule has 2 aromatic rings. The molecule has 0 aliphatic heterocycles. The molecule has 0 radical (unpaired) electrons. The monoisotopic (exact) mass is 331 g/mol. The maximum absolute atomic E-state index is 12.2. The Bertz CT molecular complexity index is 795. The predicted molar refractivity (Wildman–Crippen MR) is 75.9 cm³/mol. The van der Waals surface area contributed by atoms with E-state index in [-0.39, 0.29) is 23.1 Å². The van der Waals surface area contributed by atoms with Crippen LogP contribution in [0.15, 0.2) is 15.8 Å². The molecule has 0 saturated carbocycles. The Kier molecular flexibility index (Phi) is 4.48. The van der Waals surface area contributed by atoms with Gasteiger partial charge in [-0.2, -0.15) is 0 Å². The number of aromatic nitrogens is 4. The summed E-state index contributed by atoms with van der Waals surface area (Å²) >= 11 is 6.74. The fourth-order valence-electron chi connectivity index (χ4n) is 1.75. The molecule has 0 saturated heterocycles. The molecule has 0 unspecified atom stereocenters. The van der Waals surface area contributed by atoms with Crippen LogP contribution in [0.2, 0.25) is 4.34 Å². The average Bonchev–Trinajstić information content (AvgIpc) is 2.83. The number of aryl methyl sites for hydroxylation is 1. The van der Waals surface area contributed by atoms with Crippen LogP contribution in [0.5, 0.6) is 0 Å². The van der Waals surface area contributed by atoms with Crippen LogP contribution in [-0.2, 0) is 13.1 Å². The highest BCUT2D eigenvalue weighted by Crippen LogP contribution is 2.17. The molecule has 0 atom stereocenters. The molecule has 0 aromatic carbocycles. The van der Waals surface area contributed by atoms with Gasteiger partial charge in [0, 0.05) is 18.1 Å². The lowest BCUT2D eigenvalue weighted by molar-refractivity contribution is -0.387. The zero-order chi connectivity index (χ0) is 15.6. The summed E-state index contributed by atoms with van der Waals surface area (Å²) in [5.74, 6) is 0. The van der Waals surface area contributed by atoms with Gasteiger partial charge in [-0.3, -0.25) is 19.5 Å². The number of halogens is 1. The van der Waals surface area contributed by atoms with E-state index in [2.05, 4.69) is 9.59 Å². The summed E-state index contributed by atoms with van der Waals surface area (Å²) in [5, 5.41) is 14.6. The summed E-state index contributed by atoms with van der Waals surface area (Å²) in [6, 6.07) is 0. The van der Waals surface area contributed by atoms with Crippen LogP contribution in [0.4, 0.5) is 5.69 Å². The molecule has 21 heavy (non-hydrogen) atoms. The van der Waals surface area contributed by atoms with Crippen molar-refractivity contribution in [3.05, 3.63) is 47.2 Å². The number of nitrogens with zero attached hydrogens (tertiary/aromatic N) is 5. The van der Waals surface area contributed by atoms with Crippen LogP contribution < -0.4 is 11.2 Å². The van der Waals surface area contributed by atoms with Crippen molar-refractivity contribution in [2.75, 3.05) is 0 Å². The lowest BCUT2D eigenvalue weighted by Crippen LogP contribution is -2.40. The van der Waals surface area contributed by atoms with E-state index in [1.54, 1.807) is 0 Å². The quantitative estimate of drug-likeness (QED) is 0.593. The SMILES string of the molecule is CCCn1cc([N+](=O)[O-])c(=O)n(Cc2nnsc2Cl)c1=O. The maximum atomic E-state index is 12.2. The van der Waals surface area contributed by atoms with Crippen LogP contribution in [0, 0.1) is 10.1 Å². The van der Waals surface area contributed by atoms with Gasteiger partial charge in [0.1, 0.15) is 10.0 Å². The van der Waals surface area contributed by atoms with Crippen molar-refractivity contribution in [3.63, 3.8) is 0 Å². The lowest BCUT2D eigenvalue weighted by atomic mass is 10.4. The van der Waals surface area contributed by atoms with Gasteiger partial charge in [0.2, 0.25) is 0 Å². The van der Waals surface area contributed by atoms with Crippen LogP contribution in [0.1, 0.15) is 19.0 Å². The third-order valence-corrected chi connectivity index (χ3v) is 3.68. The number of hydrogen-bond donors (Lipinski definition) is 0. The first kappa shape index (κ1) is 15.3. The first-order valence-electron chi connectivity index (χ1n) is 5.91. The summed E-state index contributed by atoms with van der Waals surface area (Å²) in [6.07, 6.45) is 1.56. The Balaban J connectivity index is 2.63. The van der Waals surface area contributed by atoms with Crippen molar-refractivity contribution in [3.8, 4) is 0 Å². The van der Waals surface area contributed by atoms with Gasteiger partial charge in [-0.15, -0.1) is 5.10 Å². The summed E-state index contributed by atoms with van der Waals surface area (Å²) < 4.78 is 5.71. The fourth-order valence-corrected chi connectivity index (χ4v) is 2.36. The zero-order valence-electron chi connectivity index (χ0n) is 10.9. The fraction of sp³-hybridized carbons (Fsp3) is 0.400. The largest absolute Gasteiger partial charge is 0.350 e. The molecule has 2 rings (SSSR count). The molecule has 0 N–H and O–H groups in total. The van der Waals surface area contributed by atoms with Gasteiger partial charge >= 0.3 is 16.9 Å². The predicted octanol–water partition coefficient (Wildman–Crippen LogP) is 0.881. The van der Waals surface area contributed by atoms with E-state index >= 15 is 0 Å². The van der Waals surface area contributed by atoms with E-state index in [1.165, 1.54) is 0 Å². The maximum Gasteiger partial charge on any atom is 0.350 e. The second-order valence-corrected chi connectivity index (χ2v) is 5.49. The summed E-state index contributed by atoms with van der Waals surface area (Å²) in [7, 11) is 0. The first-order chi connectivity index (χ1) is 9.95. The molecule has 0 spiro atoms. The van der Waals surface area contributed by atoms with E-state index < -0.39 is 21.9 Å². The van der Waals surface area contributed by atoms with Crippen molar-refractivity contribution in [1.82, 2.24) is 18.7 Å². The lowest BCUT2D eigenvalue weighted by Gasteiger charge is -2.08. The molecule has 0 fully saturated rings. The van der Waals surface area contributed by atoms with Crippen LogP contribution in [0.25, 0.3) is 0 Å². The third-order valence-electron chi connectivity index (χ3n) is 2.70. The highest BCUT2D eigenvalue weighted by atomic mass is 35.5. The second-order valence-electron chi connectivity index (χ2n) is 4.13. The summed E-state index contributed by atoms with van der Waals surface area (Å²) in [5.41, 5.74) is -2.07. The number of hydrogen-bond acceptors (Lipinski definition) is 7. The molecule has 0 amide bonds. The van der Waals surface area contributed by atoms with E-state index in [4.69, 9.17) is 11.6 Å². The molecular weight excluding hydrogens is 322 g/mol. The Labute approximate surface area is 126 Å². The van der Waals surface area contributed by atoms with Gasteiger partial charge in [-0.1, -0.05) is 23.0 Å². The van der Waals surface area contributed by atoms with Crippen molar-refractivity contribution in [2.45, 2.75) is 26.4 Å². The van der Waals surface area contributed by atoms with Crippen molar-refractivity contribution >= 4 is 28.8 Å². The summed E-state index contributed by atoms with van der Waals surface area (Å²) in [6.45, 7) is 1.83. The molecule has 0 aliphatic rings. The van der Waals surface area contributed by atoms with Crippen LogP contribution in [-0.4, -0.2) is 23.6 Å². The van der Waals surface area contributed by atoms with Gasteiger partial charge in [-0.05, 0) is 6.42 Å². The molecule has 9 nitrogen and oxygen atoms in total. The molecule has 2 heterocycles. The Morgan fingerprint density at radius 2 is 2.19 bits per heavy atom.